The van der Waals surface area contributed by atoms with E-state index >= 15 is 0 Å². The van der Waals surface area contributed by atoms with E-state index in [1.807, 2.05) is 6.92 Å². The van der Waals surface area contributed by atoms with Crippen molar-refractivity contribution in [1.82, 2.24) is 15.0 Å². The molecular formula is C16H18F3N5S. The van der Waals surface area contributed by atoms with E-state index in [2.05, 4.69) is 19.9 Å². The molecule has 9 heteroatoms. The lowest BCUT2D eigenvalue weighted by molar-refractivity contribution is -0.143. The number of nitrogens with two attached hydrogens (primary N) is 1. The van der Waals surface area contributed by atoms with Crippen LogP contribution in [0.25, 0.3) is 0 Å². The molecule has 2 aromatic heterocycles. The zero-order valence-corrected chi connectivity index (χ0v) is 14.4. The number of piperidine rings is 1. The van der Waals surface area contributed by atoms with Crippen LogP contribution in [-0.2, 0) is 6.18 Å². The van der Waals surface area contributed by atoms with E-state index in [-0.39, 0.29) is 10.4 Å². The maximum atomic E-state index is 13.0. The summed E-state index contributed by atoms with van der Waals surface area (Å²) in [4.78, 5) is 14.1. The van der Waals surface area contributed by atoms with Crippen molar-refractivity contribution in [3.63, 3.8) is 0 Å². The molecule has 5 nitrogen and oxygen atoms in total. The quantitative estimate of drug-likeness (QED) is 0.895. The Morgan fingerprint density at radius 3 is 2.48 bits per heavy atom. The van der Waals surface area contributed by atoms with Crippen LogP contribution in [0.1, 0.15) is 25.5 Å². The molecule has 0 spiro atoms. The van der Waals surface area contributed by atoms with E-state index in [4.69, 9.17) is 5.73 Å². The summed E-state index contributed by atoms with van der Waals surface area (Å²) in [7, 11) is 0. The summed E-state index contributed by atoms with van der Waals surface area (Å²) in [5.41, 5.74) is 5.04. The highest BCUT2D eigenvalue weighted by molar-refractivity contribution is 7.99. The Bertz CT molecular complexity index is 723. The monoisotopic (exact) mass is 369 g/mol. The van der Waals surface area contributed by atoms with Gasteiger partial charge >= 0.3 is 6.18 Å². The van der Waals surface area contributed by atoms with Gasteiger partial charge in [0, 0.05) is 29.7 Å². The smallest absolute Gasteiger partial charge is 0.355 e. The second kappa shape index (κ2) is 6.80. The van der Waals surface area contributed by atoms with E-state index in [0.717, 1.165) is 43.9 Å². The molecule has 0 saturated carbocycles. The van der Waals surface area contributed by atoms with Crippen LogP contribution in [0.4, 0.5) is 19.0 Å². The van der Waals surface area contributed by atoms with Crippen LogP contribution in [0, 0.1) is 0 Å². The molecule has 1 aliphatic heterocycles. The maximum Gasteiger partial charge on any atom is 0.434 e. The second-order valence-corrected chi connectivity index (χ2v) is 7.37. The van der Waals surface area contributed by atoms with Gasteiger partial charge in [-0.3, -0.25) is 4.98 Å². The molecule has 1 fully saturated rings. The van der Waals surface area contributed by atoms with Gasteiger partial charge in [-0.1, -0.05) is 11.8 Å². The molecule has 0 unspecified atom stereocenters. The third-order valence-corrected chi connectivity index (χ3v) is 5.07. The van der Waals surface area contributed by atoms with Crippen LogP contribution in [-0.4, -0.2) is 33.6 Å². The lowest BCUT2D eigenvalue weighted by Gasteiger charge is -2.37. The van der Waals surface area contributed by atoms with Crippen molar-refractivity contribution in [2.24, 2.45) is 5.73 Å². The van der Waals surface area contributed by atoms with Gasteiger partial charge in [-0.25, -0.2) is 9.97 Å². The molecule has 2 N–H and O–H groups in total. The predicted molar refractivity (Wildman–Crippen MR) is 89.4 cm³/mol. The molecule has 0 aromatic carbocycles. The van der Waals surface area contributed by atoms with Crippen LogP contribution < -0.4 is 10.6 Å². The van der Waals surface area contributed by atoms with Gasteiger partial charge in [-0.05, 0) is 31.9 Å². The van der Waals surface area contributed by atoms with Crippen LogP contribution >= 0.6 is 11.8 Å². The van der Waals surface area contributed by atoms with Crippen LogP contribution in [0.2, 0.25) is 0 Å². The van der Waals surface area contributed by atoms with Gasteiger partial charge in [0.25, 0.3) is 0 Å². The Morgan fingerprint density at radius 2 is 1.88 bits per heavy atom. The van der Waals surface area contributed by atoms with Gasteiger partial charge in [0.1, 0.15) is 10.8 Å². The van der Waals surface area contributed by atoms with Gasteiger partial charge in [-0.15, -0.1) is 0 Å². The first kappa shape index (κ1) is 17.9. The highest BCUT2D eigenvalue weighted by Crippen LogP contribution is 2.37. The van der Waals surface area contributed by atoms with Gasteiger partial charge in [0.15, 0.2) is 5.69 Å². The molecule has 2 aromatic rings. The van der Waals surface area contributed by atoms with Crippen molar-refractivity contribution in [1.29, 1.82) is 0 Å². The van der Waals surface area contributed by atoms with Crippen LogP contribution in [0.3, 0.4) is 0 Å². The molecule has 0 atom stereocenters. The molecule has 1 aliphatic rings. The normalized spacial score (nSPS) is 17.6. The summed E-state index contributed by atoms with van der Waals surface area (Å²) in [5.74, 6) is 0.710. The number of hydrogen-bond donors (Lipinski definition) is 1. The first-order valence-electron chi connectivity index (χ1n) is 7.81. The zero-order valence-electron chi connectivity index (χ0n) is 13.6. The summed E-state index contributed by atoms with van der Waals surface area (Å²) in [6.45, 7) is 3.60. The molecule has 0 bridgehead atoms. The van der Waals surface area contributed by atoms with Crippen molar-refractivity contribution < 1.29 is 13.2 Å². The van der Waals surface area contributed by atoms with E-state index < -0.39 is 11.9 Å². The number of hydrogen-bond acceptors (Lipinski definition) is 6. The Hall–Kier alpha value is -1.87. The van der Waals surface area contributed by atoms with Crippen LogP contribution in [0.5, 0.6) is 0 Å². The van der Waals surface area contributed by atoms with Crippen LogP contribution in [0.15, 0.2) is 40.6 Å². The standard InChI is InChI=1S/C16H18F3N5S/c1-15(20)4-7-24(8-5-15)12-9-23-13(10-22-12)25-11-3-2-6-21-14(11)16(17,18)19/h2-3,6,9-10H,4-5,7-8,20H2,1H3. The number of anilines is 1. The van der Waals surface area contributed by atoms with E-state index in [0.29, 0.717) is 10.8 Å². The maximum absolute atomic E-state index is 13.0. The van der Waals surface area contributed by atoms with Crippen molar-refractivity contribution >= 4 is 17.6 Å². The summed E-state index contributed by atoms with van der Waals surface area (Å²) in [6, 6.07) is 2.85. The van der Waals surface area contributed by atoms with E-state index in [9.17, 15) is 13.2 Å². The molecular weight excluding hydrogens is 351 g/mol. The summed E-state index contributed by atoms with van der Waals surface area (Å²) in [6.07, 6.45) is 1.42. The summed E-state index contributed by atoms with van der Waals surface area (Å²) < 4.78 is 39.0. The van der Waals surface area contributed by atoms with Crippen molar-refractivity contribution in [3.8, 4) is 0 Å². The Kier molecular flexibility index (Phi) is 4.88. The topological polar surface area (TPSA) is 67.9 Å². The largest absolute Gasteiger partial charge is 0.434 e. The van der Waals surface area contributed by atoms with E-state index in [1.54, 1.807) is 6.20 Å². The minimum Gasteiger partial charge on any atom is -0.355 e. The van der Waals surface area contributed by atoms with Crippen molar-refractivity contribution in [3.05, 3.63) is 36.4 Å². The SMILES string of the molecule is CC1(N)CCN(c2cnc(Sc3cccnc3C(F)(F)F)cn2)CC1. The number of alkyl halides is 3. The molecule has 134 valence electrons. The molecule has 0 amide bonds. The minimum atomic E-state index is -4.50. The fraction of sp³-hybridized carbons (Fsp3) is 0.438. The minimum absolute atomic E-state index is 0.00826. The fourth-order valence-electron chi connectivity index (χ4n) is 2.57. The van der Waals surface area contributed by atoms with Gasteiger partial charge in [0.2, 0.25) is 0 Å². The van der Waals surface area contributed by atoms with E-state index in [1.165, 1.54) is 18.3 Å². The highest BCUT2D eigenvalue weighted by Gasteiger charge is 2.35. The third kappa shape index (κ3) is 4.40. The predicted octanol–water partition coefficient (Wildman–Crippen LogP) is 3.36. The van der Waals surface area contributed by atoms with Gasteiger partial charge in [-0.2, -0.15) is 13.2 Å². The lowest BCUT2D eigenvalue weighted by atomic mass is 9.91. The molecule has 1 saturated heterocycles. The first-order valence-corrected chi connectivity index (χ1v) is 8.62. The third-order valence-electron chi connectivity index (χ3n) is 4.10. The summed E-state index contributed by atoms with van der Waals surface area (Å²) >= 11 is 0.902. The molecule has 0 radical (unpaired) electrons. The lowest BCUT2D eigenvalue weighted by Crippen LogP contribution is -2.48. The summed E-state index contributed by atoms with van der Waals surface area (Å²) in [5, 5.41) is 0.392. The highest BCUT2D eigenvalue weighted by atomic mass is 32.2. The number of aromatic nitrogens is 3. The average molecular weight is 369 g/mol. The molecule has 3 rings (SSSR count). The average Bonchev–Trinajstić information content (AvgIpc) is 2.55. The van der Waals surface area contributed by atoms with Crippen molar-refractivity contribution in [2.45, 2.75) is 41.4 Å². The fourth-order valence-corrected chi connectivity index (χ4v) is 3.42. The Balaban J connectivity index is 1.72. The number of halogens is 3. The Labute approximate surface area is 147 Å². The number of nitrogens with zero attached hydrogens (tertiary/aromatic N) is 4. The number of pyridine rings is 1. The first-order chi connectivity index (χ1) is 11.7. The number of rotatable bonds is 3. The molecule has 3 heterocycles. The van der Waals surface area contributed by atoms with Crippen molar-refractivity contribution in [2.75, 3.05) is 18.0 Å². The zero-order chi connectivity index (χ0) is 18.1. The Morgan fingerprint density at radius 1 is 1.16 bits per heavy atom. The molecule has 0 aliphatic carbocycles. The second-order valence-electron chi connectivity index (χ2n) is 6.30. The van der Waals surface area contributed by atoms with Gasteiger partial charge < -0.3 is 10.6 Å². The van der Waals surface area contributed by atoms with Gasteiger partial charge in [0.05, 0.1) is 12.4 Å². The molecule has 25 heavy (non-hydrogen) atoms.